The molecule has 2 aromatic carbocycles. The summed E-state index contributed by atoms with van der Waals surface area (Å²) in [6.07, 6.45) is 0. The van der Waals surface area contributed by atoms with Crippen LogP contribution < -0.4 is 29.6 Å². The van der Waals surface area contributed by atoms with Gasteiger partial charge in [0.2, 0.25) is 0 Å². The lowest BCUT2D eigenvalue weighted by Gasteiger charge is -2.15. The van der Waals surface area contributed by atoms with Gasteiger partial charge in [-0.1, -0.05) is 6.07 Å². The van der Waals surface area contributed by atoms with Crippen molar-refractivity contribution >= 4 is 11.6 Å². The molecule has 158 valence electrons. The van der Waals surface area contributed by atoms with E-state index in [0.29, 0.717) is 30.6 Å². The highest BCUT2D eigenvalue weighted by Gasteiger charge is 2.12. The summed E-state index contributed by atoms with van der Waals surface area (Å²) in [6.45, 7) is -0.421. The van der Waals surface area contributed by atoms with Gasteiger partial charge >= 0.3 is 6.61 Å². The zero-order valence-electron chi connectivity index (χ0n) is 16.8. The third-order valence-corrected chi connectivity index (χ3v) is 3.85. The van der Waals surface area contributed by atoms with E-state index in [4.69, 9.17) is 14.2 Å². The van der Waals surface area contributed by atoms with E-state index >= 15 is 0 Å². The zero-order chi connectivity index (χ0) is 21.2. The van der Waals surface area contributed by atoms with Gasteiger partial charge in [0.25, 0.3) is 0 Å². The van der Waals surface area contributed by atoms with Gasteiger partial charge in [-0.25, -0.2) is 0 Å². The number of hydrogen-bond acceptors (Lipinski definition) is 5. The molecule has 0 spiro atoms. The number of alkyl halides is 2. The smallest absolute Gasteiger partial charge is 0.387 e. The third-order valence-electron chi connectivity index (χ3n) is 3.85. The highest BCUT2D eigenvalue weighted by Crippen LogP contribution is 2.31. The number of anilines is 1. The van der Waals surface area contributed by atoms with Crippen LogP contribution in [0.2, 0.25) is 0 Å². The summed E-state index contributed by atoms with van der Waals surface area (Å²) < 4.78 is 45.4. The normalized spacial score (nSPS) is 11.2. The topological polar surface area (TPSA) is 73.3 Å². The van der Waals surface area contributed by atoms with Crippen molar-refractivity contribution in [1.29, 1.82) is 0 Å². The van der Waals surface area contributed by atoms with Gasteiger partial charge in [-0.2, -0.15) is 8.78 Å². The van der Waals surface area contributed by atoms with E-state index in [1.165, 1.54) is 6.07 Å². The molecule has 2 N–H and O–H groups in total. The van der Waals surface area contributed by atoms with Gasteiger partial charge in [-0.05, 0) is 36.8 Å². The molecule has 0 saturated heterocycles. The molecule has 0 aromatic heterocycles. The Bertz CT molecular complexity index is 831. The average Bonchev–Trinajstić information content (AvgIpc) is 2.72. The molecule has 7 nitrogen and oxygen atoms in total. The Kier molecular flexibility index (Phi) is 8.32. The first-order chi connectivity index (χ1) is 14.0. The molecule has 9 heteroatoms. The molecule has 2 rings (SSSR count). The molecule has 0 aliphatic carbocycles. The minimum atomic E-state index is -2.91. The number of ether oxygens (including phenoxy) is 4. The van der Waals surface area contributed by atoms with Crippen LogP contribution >= 0.6 is 0 Å². The van der Waals surface area contributed by atoms with Crippen molar-refractivity contribution in [3.8, 4) is 23.0 Å². The number of rotatable bonds is 9. The van der Waals surface area contributed by atoms with E-state index in [2.05, 4.69) is 20.4 Å². The maximum absolute atomic E-state index is 12.5. The lowest BCUT2D eigenvalue weighted by atomic mass is 10.2. The molecule has 0 atom stereocenters. The van der Waals surface area contributed by atoms with Crippen molar-refractivity contribution < 1.29 is 27.7 Å². The number of nitrogens with zero attached hydrogens (tertiary/aromatic N) is 1. The van der Waals surface area contributed by atoms with Crippen LogP contribution in [0.3, 0.4) is 0 Å². The van der Waals surface area contributed by atoms with Gasteiger partial charge in [0.15, 0.2) is 29.0 Å². The fourth-order valence-electron chi connectivity index (χ4n) is 2.54. The summed E-state index contributed by atoms with van der Waals surface area (Å²) in [7, 11) is 4.77. The lowest BCUT2D eigenvalue weighted by Crippen LogP contribution is -2.30. The van der Waals surface area contributed by atoms with Crippen LogP contribution in [0.15, 0.2) is 41.4 Å². The molecule has 0 unspecified atom stereocenters. The third kappa shape index (κ3) is 6.41. The Balaban J connectivity index is 2.06. The van der Waals surface area contributed by atoms with E-state index in [-0.39, 0.29) is 11.5 Å². The molecule has 29 heavy (non-hydrogen) atoms. The minimum absolute atomic E-state index is 0.00145. The summed E-state index contributed by atoms with van der Waals surface area (Å²) in [5.41, 5.74) is 1.57. The van der Waals surface area contributed by atoms with Gasteiger partial charge < -0.3 is 29.6 Å². The van der Waals surface area contributed by atoms with E-state index in [0.717, 1.165) is 11.3 Å². The fourth-order valence-corrected chi connectivity index (χ4v) is 2.54. The van der Waals surface area contributed by atoms with Gasteiger partial charge in [-0.3, -0.25) is 4.99 Å². The molecule has 0 aliphatic rings. The van der Waals surface area contributed by atoms with Crippen LogP contribution in [0, 0.1) is 0 Å². The second-order valence-electron chi connectivity index (χ2n) is 5.71. The minimum Gasteiger partial charge on any atom is -0.493 e. The van der Waals surface area contributed by atoms with E-state index in [9.17, 15) is 8.78 Å². The van der Waals surface area contributed by atoms with Crippen LogP contribution in [-0.4, -0.2) is 40.4 Å². The molecule has 0 heterocycles. The van der Waals surface area contributed by atoms with Crippen molar-refractivity contribution in [2.45, 2.75) is 20.1 Å². The zero-order valence-corrected chi connectivity index (χ0v) is 16.8. The Hall–Kier alpha value is -3.23. The second-order valence-corrected chi connectivity index (χ2v) is 5.71. The van der Waals surface area contributed by atoms with Crippen LogP contribution in [0.1, 0.15) is 12.5 Å². The number of halogens is 2. The van der Waals surface area contributed by atoms with E-state index in [1.807, 2.05) is 6.07 Å². The summed E-state index contributed by atoms with van der Waals surface area (Å²) in [5.74, 6) is 1.98. The van der Waals surface area contributed by atoms with Crippen LogP contribution in [0.25, 0.3) is 0 Å². The quantitative estimate of drug-likeness (QED) is 0.484. The molecule has 0 radical (unpaired) electrons. The van der Waals surface area contributed by atoms with E-state index in [1.54, 1.807) is 52.5 Å². The maximum Gasteiger partial charge on any atom is 0.387 e. The highest BCUT2D eigenvalue weighted by molar-refractivity contribution is 5.93. The molecule has 0 bridgehead atoms. The predicted octanol–water partition coefficient (Wildman–Crippen LogP) is 3.89. The van der Waals surface area contributed by atoms with Crippen molar-refractivity contribution in [2.75, 3.05) is 33.2 Å². The van der Waals surface area contributed by atoms with Crippen LogP contribution in [-0.2, 0) is 6.54 Å². The average molecular weight is 409 g/mol. The maximum atomic E-state index is 12.5. The van der Waals surface area contributed by atoms with Gasteiger partial charge in [-0.15, -0.1) is 0 Å². The Labute approximate surface area is 168 Å². The lowest BCUT2D eigenvalue weighted by molar-refractivity contribution is -0.0514. The van der Waals surface area contributed by atoms with E-state index < -0.39 is 6.61 Å². The summed E-state index contributed by atoms with van der Waals surface area (Å²) >= 11 is 0. The standard InChI is InChI=1S/C20H25F2N3O4/c1-5-28-18-10-13(6-8-16(18)29-19(21)22)12-24-20(23-2)25-14-7-9-15(26-3)17(11-14)27-4/h6-11,19H,5,12H2,1-4H3,(H2,23,24,25). The number of aliphatic imine (C=N–C) groups is 1. The number of benzene rings is 2. The summed E-state index contributed by atoms with van der Waals surface area (Å²) in [5, 5.41) is 6.30. The first-order valence-corrected chi connectivity index (χ1v) is 8.90. The molecule has 0 fully saturated rings. The molecular formula is C20H25F2N3O4. The number of nitrogens with one attached hydrogen (secondary N) is 2. The van der Waals surface area contributed by atoms with Gasteiger partial charge in [0.05, 0.1) is 20.8 Å². The monoisotopic (exact) mass is 409 g/mol. The molecule has 2 aromatic rings. The predicted molar refractivity (Wildman–Crippen MR) is 108 cm³/mol. The van der Waals surface area contributed by atoms with Crippen molar-refractivity contribution in [1.82, 2.24) is 5.32 Å². The number of methoxy groups -OCH3 is 2. The first kappa shape index (κ1) is 22.1. The van der Waals surface area contributed by atoms with Crippen molar-refractivity contribution in [2.24, 2.45) is 4.99 Å². The van der Waals surface area contributed by atoms with Gasteiger partial charge in [0, 0.05) is 25.3 Å². The van der Waals surface area contributed by atoms with Crippen molar-refractivity contribution in [3.63, 3.8) is 0 Å². The number of guanidine groups is 1. The summed E-state index contributed by atoms with van der Waals surface area (Å²) in [4.78, 5) is 4.18. The molecule has 0 saturated carbocycles. The SMILES string of the molecule is CCOc1cc(CNC(=NC)Nc2ccc(OC)c(OC)c2)ccc1OC(F)F. The Morgan fingerprint density at radius 1 is 1.00 bits per heavy atom. The first-order valence-electron chi connectivity index (χ1n) is 8.90. The van der Waals surface area contributed by atoms with Crippen LogP contribution in [0.5, 0.6) is 23.0 Å². The molecule has 0 aliphatic heterocycles. The Morgan fingerprint density at radius 2 is 1.72 bits per heavy atom. The summed E-state index contributed by atoms with van der Waals surface area (Å²) in [6, 6.07) is 10.2. The van der Waals surface area contributed by atoms with Crippen molar-refractivity contribution in [3.05, 3.63) is 42.0 Å². The van der Waals surface area contributed by atoms with Gasteiger partial charge in [0.1, 0.15) is 0 Å². The highest BCUT2D eigenvalue weighted by atomic mass is 19.3. The number of hydrogen-bond donors (Lipinski definition) is 2. The fraction of sp³-hybridized carbons (Fsp3) is 0.350. The van der Waals surface area contributed by atoms with Crippen LogP contribution in [0.4, 0.5) is 14.5 Å². The molecular weight excluding hydrogens is 384 g/mol. The molecule has 0 amide bonds. The largest absolute Gasteiger partial charge is 0.493 e. The second kappa shape index (κ2) is 10.9. The Morgan fingerprint density at radius 3 is 2.34 bits per heavy atom.